The summed E-state index contributed by atoms with van der Waals surface area (Å²) in [6.07, 6.45) is 0. The molecule has 0 saturated carbocycles. The number of benzene rings is 2. The van der Waals surface area contributed by atoms with Crippen molar-refractivity contribution in [3.8, 4) is 11.4 Å². The fourth-order valence-electron chi connectivity index (χ4n) is 3.28. The molecule has 0 fully saturated rings. The van der Waals surface area contributed by atoms with E-state index >= 15 is 0 Å². The number of methoxy groups -OCH3 is 1. The molecule has 3 aromatic rings. The van der Waals surface area contributed by atoms with Crippen molar-refractivity contribution in [2.75, 3.05) is 18.2 Å². The lowest BCUT2D eigenvalue weighted by Crippen LogP contribution is -2.15. The topological polar surface area (TPSA) is 56.1 Å². The molecule has 1 atom stereocenters. The van der Waals surface area contributed by atoms with Gasteiger partial charge in [-0.25, -0.2) is 13.5 Å². The maximum absolute atomic E-state index is 13.8. The van der Waals surface area contributed by atoms with Crippen LogP contribution in [0.3, 0.4) is 0 Å². The number of fused-ring (bicyclic) bond motifs is 1. The minimum atomic E-state index is -0.652. The minimum absolute atomic E-state index is 0.166. The maximum Gasteiger partial charge on any atom is 0.235 e. The molecule has 144 valence electrons. The van der Waals surface area contributed by atoms with E-state index in [1.165, 1.54) is 23.9 Å². The Bertz CT molecular complexity index is 1030. The number of nitrogens with one attached hydrogen (secondary N) is 1. The molecule has 8 heteroatoms. The Morgan fingerprint density at radius 1 is 1.18 bits per heavy atom. The molecule has 0 radical (unpaired) electrons. The van der Waals surface area contributed by atoms with Crippen LogP contribution in [0.4, 0.5) is 14.6 Å². The smallest absolute Gasteiger partial charge is 0.235 e. The van der Waals surface area contributed by atoms with Crippen LogP contribution in [0.1, 0.15) is 22.1 Å². The number of aromatic nitrogens is 2. The number of aryl methyl sites for hydroxylation is 1. The number of nitrogens with zero attached hydrogens (tertiary/aromatic N) is 2. The Hall–Kier alpha value is -2.87. The molecular weight excluding hydrogens is 384 g/mol. The van der Waals surface area contributed by atoms with Gasteiger partial charge in [-0.3, -0.25) is 4.79 Å². The number of hydrogen-bond acceptors (Lipinski definition) is 4. The average Bonchev–Trinajstić information content (AvgIpc) is 2.86. The van der Waals surface area contributed by atoms with Gasteiger partial charge < -0.3 is 10.1 Å². The third-order valence-electron chi connectivity index (χ3n) is 4.51. The zero-order valence-electron chi connectivity index (χ0n) is 15.2. The molecule has 1 aliphatic heterocycles. The first-order valence-corrected chi connectivity index (χ1v) is 9.62. The highest BCUT2D eigenvalue weighted by atomic mass is 32.2. The number of amides is 1. The van der Waals surface area contributed by atoms with Crippen molar-refractivity contribution < 1.29 is 18.3 Å². The van der Waals surface area contributed by atoms with Gasteiger partial charge in [0.05, 0.1) is 29.5 Å². The summed E-state index contributed by atoms with van der Waals surface area (Å²) >= 11 is 1.32. The van der Waals surface area contributed by atoms with Crippen molar-refractivity contribution in [2.24, 2.45) is 0 Å². The van der Waals surface area contributed by atoms with Crippen molar-refractivity contribution in [1.29, 1.82) is 0 Å². The van der Waals surface area contributed by atoms with E-state index in [1.54, 1.807) is 23.9 Å². The molecule has 1 amide bonds. The van der Waals surface area contributed by atoms with Crippen LogP contribution in [-0.4, -0.2) is 28.6 Å². The summed E-state index contributed by atoms with van der Waals surface area (Å²) in [4.78, 5) is 12.3. The second kappa shape index (κ2) is 7.27. The predicted octanol–water partition coefficient (Wildman–Crippen LogP) is 4.24. The third-order valence-corrected chi connectivity index (χ3v) is 5.78. The number of carbonyl (C=O) groups is 1. The molecule has 1 unspecified atom stereocenters. The summed E-state index contributed by atoms with van der Waals surface area (Å²) in [7, 11) is 1.58. The van der Waals surface area contributed by atoms with Crippen LogP contribution in [0.25, 0.3) is 5.69 Å². The zero-order valence-corrected chi connectivity index (χ0v) is 16.0. The number of halogens is 2. The summed E-state index contributed by atoms with van der Waals surface area (Å²) in [5.74, 6) is -0.125. The fourth-order valence-corrected chi connectivity index (χ4v) is 4.45. The Kier molecular flexibility index (Phi) is 4.80. The van der Waals surface area contributed by atoms with Gasteiger partial charge in [0.1, 0.15) is 23.2 Å². The predicted molar refractivity (Wildman–Crippen MR) is 104 cm³/mol. The van der Waals surface area contributed by atoms with E-state index in [0.29, 0.717) is 22.8 Å². The Balaban J connectivity index is 1.87. The molecule has 28 heavy (non-hydrogen) atoms. The van der Waals surface area contributed by atoms with E-state index in [4.69, 9.17) is 4.74 Å². The molecule has 1 N–H and O–H groups in total. The number of thioether (sulfide) groups is 1. The van der Waals surface area contributed by atoms with Crippen LogP contribution in [0.15, 0.2) is 42.5 Å². The first-order chi connectivity index (χ1) is 13.5. The summed E-state index contributed by atoms with van der Waals surface area (Å²) in [6, 6.07) is 10.7. The molecular formula is C20H17F2N3O2S. The summed E-state index contributed by atoms with van der Waals surface area (Å²) in [6.45, 7) is 1.82. The first-order valence-electron chi connectivity index (χ1n) is 8.57. The summed E-state index contributed by atoms with van der Waals surface area (Å²) in [5, 5.41) is 7.04. The van der Waals surface area contributed by atoms with Crippen LogP contribution in [0.2, 0.25) is 0 Å². The standard InChI is InChI=1S/C20H17F2N3O2S/c1-11-18-19(12-7-13(21)9-14(22)8-12)28-10-17(26)23-20(18)25(24-11)15-3-5-16(27-2)6-4-15/h3-9,19H,10H2,1-2H3,(H,23,26). The van der Waals surface area contributed by atoms with Crippen LogP contribution < -0.4 is 10.1 Å². The van der Waals surface area contributed by atoms with Crippen LogP contribution in [-0.2, 0) is 4.79 Å². The monoisotopic (exact) mass is 401 g/mol. The molecule has 1 aromatic heterocycles. The van der Waals surface area contributed by atoms with Gasteiger partial charge >= 0.3 is 0 Å². The lowest BCUT2D eigenvalue weighted by molar-refractivity contribution is -0.113. The number of anilines is 1. The van der Waals surface area contributed by atoms with E-state index in [2.05, 4.69) is 10.4 Å². The number of carbonyl (C=O) groups excluding carboxylic acids is 1. The van der Waals surface area contributed by atoms with Crippen LogP contribution in [0.5, 0.6) is 5.75 Å². The second-order valence-corrected chi connectivity index (χ2v) is 7.49. The normalized spacial score (nSPS) is 16.3. The lowest BCUT2D eigenvalue weighted by Gasteiger charge is -2.15. The Labute approximate surface area is 164 Å². The molecule has 0 spiro atoms. The maximum atomic E-state index is 13.8. The Morgan fingerprint density at radius 3 is 2.50 bits per heavy atom. The van der Waals surface area contributed by atoms with Crippen molar-refractivity contribution in [1.82, 2.24) is 9.78 Å². The minimum Gasteiger partial charge on any atom is -0.497 e. The molecule has 0 saturated heterocycles. The van der Waals surface area contributed by atoms with E-state index in [-0.39, 0.29) is 11.7 Å². The molecule has 4 rings (SSSR count). The number of rotatable bonds is 3. The fraction of sp³-hybridized carbons (Fsp3) is 0.200. The van der Waals surface area contributed by atoms with E-state index in [1.807, 2.05) is 19.1 Å². The highest BCUT2D eigenvalue weighted by Gasteiger charge is 2.31. The van der Waals surface area contributed by atoms with Gasteiger partial charge in [-0.1, -0.05) is 0 Å². The van der Waals surface area contributed by atoms with Crippen LogP contribution >= 0.6 is 11.8 Å². The SMILES string of the molecule is COc1ccc(-n2nc(C)c3c2NC(=O)CSC3c2cc(F)cc(F)c2)cc1. The van der Waals surface area contributed by atoms with Gasteiger partial charge in [0.25, 0.3) is 0 Å². The van der Waals surface area contributed by atoms with Gasteiger partial charge in [-0.05, 0) is 48.9 Å². The van der Waals surface area contributed by atoms with Gasteiger partial charge in [-0.15, -0.1) is 11.8 Å². The zero-order chi connectivity index (χ0) is 19.8. The van der Waals surface area contributed by atoms with Gasteiger partial charge in [0.15, 0.2) is 0 Å². The summed E-state index contributed by atoms with van der Waals surface area (Å²) < 4.78 is 34.4. The third kappa shape index (κ3) is 3.35. The van der Waals surface area contributed by atoms with Crippen molar-refractivity contribution in [3.05, 3.63) is 70.9 Å². The highest BCUT2D eigenvalue weighted by Crippen LogP contribution is 2.44. The molecule has 1 aliphatic rings. The first kappa shape index (κ1) is 18.5. The largest absolute Gasteiger partial charge is 0.497 e. The number of ether oxygens (including phenoxy) is 1. The number of hydrogen-bond donors (Lipinski definition) is 1. The Morgan fingerprint density at radius 2 is 1.86 bits per heavy atom. The van der Waals surface area contributed by atoms with E-state index in [9.17, 15) is 13.6 Å². The molecule has 0 aliphatic carbocycles. The van der Waals surface area contributed by atoms with Crippen molar-refractivity contribution in [3.63, 3.8) is 0 Å². The van der Waals surface area contributed by atoms with Crippen molar-refractivity contribution in [2.45, 2.75) is 12.2 Å². The van der Waals surface area contributed by atoms with Crippen molar-refractivity contribution >= 4 is 23.5 Å². The lowest BCUT2D eigenvalue weighted by atomic mass is 10.0. The molecule has 5 nitrogen and oxygen atoms in total. The van der Waals surface area contributed by atoms with Crippen LogP contribution in [0, 0.1) is 18.6 Å². The highest BCUT2D eigenvalue weighted by molar-refractivity contribution is 8.00. The molecule has 0 bridgehead atoms. The van der Waals surface area contributed by atoms with E-state index in [0.717, 1.165) is 17.3 Å². The van der Waals surface area contributed by atoms with Gasteiger partial charge in [0.2, 0.25) is 5.91 Å². The van der Waals surface area contributed by atoms with E-state index < -0.39 is 16.9 Å². The summed E-state index contributed by atoms with van der Waals surface area (Å²) in [5.41, 5.74) is 2.60. The van der Waals surface area contributed by atoms with Gasteiger partial charge in [-0.2, -0.15) is 5.10 Å². The second-order valence-electron chi connectivity index (χ2n) is 6.40. The molecule has 2 heterocycles. The quantitative estimate of drug-likeness (QED) is 0.713. The average molecular weight is 401 g/mol. The van der Waals surface area contributed by atoms with Gasteiger partial charge in [0, 0.05) is 11.6 Å². The molecule has 2 aromatic carbocycles.